The minimum absolute atomic E-state index is 0. The molecule has 0 aliphatic heterocycles. The van der Waals surface area contributed by atoms with Crippen LogP contribution in [0.4, 0.5) is 0 Å². The lowest BCUT2D eigenvalue weighted by Crippen LogP contribution is -2.38. The van der Waals surface area contributed by atoms with Crippen LogP contribution in [0.1, 0.15) is 38.6 Å². The largest absolute Gasteiger partial charge is 0.370 e. The van der Waals surface area contributed by atoms with Gasteiger partial charge >= 0.3 is 0 Å². The molecule has 1 atom stereocenters. The van der Waals surface area contributed by atoms with Gasteiger partial charge in [-0.2, -0.15) is 15.0 Å². The summed E-state index contributed by atoms with van der Waals surface area (Å²) < 4.78 is 0. The average molecular weight is 366 g/mol. The van der Waals surface area contributed by atoms with Crippen LogP contribution < -0.4 is 11.1 Å². The SMILES string of the molecule is CCC(C)NC(N)=NCc1nn(CC)nc1C.I. The molecule has 1 heterocycles. The molecule has 0 aliphatic carbocycles. The Morgan fingerprint density at radius 2 is 2.11 bits per heavy atom. The number of aliphatic imine (C=N–C) groups is 1. The highest BCUT2D eigenvalue weighted by atomic mass is 127. The van der Waals surface area contributed by atoms with E-state index >= 15 is 0 Å². The number of hydrogen-bond acceptors (Lipinski definition) is 3. The molecule has 0 radical (unpaired) electrons. The van der Waals surface area contributed by atoms with Gasteiger partial charge in [0.25, 0.3) is 0 Å². The van der Waals surface area contributed by atoms with Crippen molar-refractivity contribution in [1.29, 1.82) is 0 Å². The molecule has 1 aromatic heterocycles. The minimum atomic E-state index is 0. The van der Waals surface area contributed by atoms with Crippen molar-refractivity contribution in [2.24, 2.45) is 10.7 Å². The predicted molar refractivity (Wildman–Crippen MR) is 84.1 cm³/mol. The molecule has 0 spiro atoms. The molecular weight excluding hydrogens is 343 g/mol. The summed E-state index contributed by atoms with van der Waals surface area (Å²) in [5.41, 5.74) is 7.56. The van der Waals surface area contributed by atoms with Gasteiger partial charge in [-0.05, 0) is 27.2 Å². The zero-order chi connectivity index (χ0) is 12.8. The molecule has 1 aromatic rings. The van der Waals surface area contributed by atoms with Gasteiger partial charge in [0, 0.05) is 6.04 Å². The van der Waals surface area contributed by atoms with E-state index in [0.29, 0.717) is 18.5 Å². The quantitative estimate of drug-likeness (QED) is 0.469. The molecule has 18 heavy (non-hydrogen) atoms. The summed E-state index contributed by atoms with van der Waals surface area (Å²) in [7, 11) is 0. The van der Waals surface area contributed by atoms with Gasteiger partial charge in [-0.25, -0.2) is 4.99 Å². The Hall–Kier alpha value is -0.860. The number of halogens is 1. The molecule has 0 amide bonds. The molecule has 1 rings (SSSR count). The third kappa shape index (κ3) is 5.19. The molecule has 0 saturated carbocycles. The summed E-state index contributed by atoms with van der Waals surface area (Å²) in [5, 5.41) is 11.7. The summed E-state index contributed by atoms with van der Waals surface area (Å²) in [6, 6.07) is 0.339. The van der Waals surface area contributed by atoms with Gasteiger partial charge in [-0.3, -0.25) is 0 Å². The molecule has 1 unspecified atom stereocenters. The van der Waals surface area contributed by atoms with Crippen molar-refractivity contribution < 1.29 is 0 Å². The number of aryl methyl sites for hydroxylation is 2. The van der Waals surface area contributed by atoms with Gasteiger partial charge in [-0.1, -0.05) is 6.92 Å². The zero-order valence-electron chi connectivity index (χ0n) is 11.5. The van der Waals surface area contributed by atoms with E-state index in [0.717, 1.165) is 24.4 Å². The molecule has 3 N–H and O–H groups in total. The van der Waals surface area contributed by atoms with E-state index in [-0.39, 0.29) is 24.0 Å². The fourth-order valence-electron chi connectivity index (χ4n) is 1.31. The highest BCUT2D eigenvalue weighted by molar-refractivity contribution is 14.0. The maximum atomic E-state index is 5.77. The lowest BCUT2D eigenvalue weighted by atomic mass is 10.3. The van der Waals surface area contributed by atoms with Crippen LogP contribution in [-0.2, 0) is 13.1 Å². The van der Waals surface area contributed by atoms with Crippen molar-refractivity contribution in [2.45, 2.75) is 53.2 Å². The van der Waals surface area contributed by atoms with Crippen molar-refractivity contribution >= 4 is 29.9 Å². The maximum Gasteiger partial charge on any atom is 0.189 e. The Bertz CT molecular complexity index is 387. The van der Waals surface area contributed by atoms with Crippen LogP contribution in [0.25, 0.3) is 0 Å². The van der Waals surface area contributed by atoms with E-state index in [4.69, 9.17) is 5.73 Å². The molecule has 0 bridgehead atoms. The van der Waals surface area contributed by atoms with Crippen molar-refractivity contribution in [1.82, 2.24) is 20.3 Å². The van der Waals surface area contributed by atoms with Crippen molar-refractivity contribution in [2.75, 3.05) is 0 Å². The zero-order valence-corrected chi connectivity index (χ0v) is 13.8. The lowest BCUT2D eigenvalue weighted by Gasteiger charge is -2.11. The van der Waals surface area contributed by atoms with Crippen LogP contribution in [0.2, 0.25) is 0 Å². The smallest absolute Gasteiger partial charge is 0.189 e. The monoisotopic (exact) mass is 366 g/mol. The summed E-state index contributed by atoms with van der Waals surface area (Å²) >= 11 is 0. The van der Waals surface area contributed by atoms with Crippen LogP contribution in [0.3, 0.4) is 0 Å². The summed E-state index contributed by atoms with van der Waals surface area (Å²) in [4.78, 5) is 5.92. The Morgan fingerprint density at radius 3 is 2.61 bits per heavy atom. The first-order chi connectivity index (χ1) is 8.06. The maximum absolute atomic E-state index is 5.77. The number of nitrogens with two attached hydrogens (primary N) is 1. The van der Waals surface area contributed by atoms with Gasteiger partial charge in [0.15, 0.2) is 5.96 Å². The fourth-order valence-corrected chi connectivity index (χ4v) is 1.31. The van der Waals surface area contributed by atoms with E-state index in [2.05, 4.69) is 34.4 Å². The van der Waals surface area contributed by atoms with Crippen molar-refractivity contribution in [3.63, 3.8) is 0 Å². The summed E-state index contributed by atoms with van der Waals surface area (Å²) in [6.07, 6.45) is 1.02. The van der Waals surface area contributed by atoms with E-state index < -0.39 is 0 Å². The Labute approximate surface area is 125 Å². The molecule has 7 heteroatoms. The third-order valence-electron chi connectivity index (χ3n) is 2.61. The molecule has 0 fully saturated rings. The number of guanidine groups is 1. The molecule has 0 aromatic carbocycles. The van der Waals surface area contributed by atoms with Crippen LogP contribution in [0, 0.1) is 6.92 Å². The van der Waals surface area contributed by atoms with Gasteiger partial charge in [-0.15, -0.1) is 24.0 Å². The molecular formula is C11H23IN6. The van der Waals surface area contributed by atoms with E-state index in [1.54, 1.807) is 4.80 Å². The standard InChI is InChI=1S/C11H22N6.HI/c1-5-8(3)14-11(12)13-7-10-9(4)15-17(6-2)16-10;/h8H,5-7H2,1-4H3,(H3,12,13,14);1H. The highest BCUT2D eigenvalue weighted by Crippen LogP contribution is 2.02. The number of nitrogens with zero attached hydrogens (tertiary/aromatic N) is 4. The number of aromatic nitrogens is 3. The van der Waals surface area contributed by atoms with Gasteiger partial charge in [0.05, 0.1) is 18.8 Å². The fraction of sp³-hybridized carbons (Fsp3) is 0.727. The Balaban J connectivity index is 0.00000289. The molecule has 6 nitrogen and oxygen atoms in total. The number of nitrogens with one attached hydrogen (secondary N) is 1. The average Bonchev–Trinajstić information content (AvgIpc) is 2.67. The second-order valence-corrected chi connectivity index (χ2v) is 4.08. The van der Waals surface area contributed by atoms with E-state index in [1.165, 1.54) is 0 Å². The van der Waals surface area contributed by atoms with Gasteiger partial charge in [0.2, 0.25) is 0 Å². The number of hydrogen-bond donors (Lipinski definition) is 2. The molecule has 104 valence electrons. The predicted octanol–water partition coefficient (Wildman–Crippen LogP) is 1.43. The van der Waals surface area contributed by atoms with E-state index in [9.17, 15) is 0 Å². The second kappa shape index (κ2) is 8.28. The molecule has 0 saturated heterocycles. The summed E-state index contributed by atoms with van der Waals surface area (Å²) in [5.74, 6) is 0.463. The first kappa shape index (κ1) is 17.1. The Morgan fingerprint density at radius 1 is 1.44 bits per heavy atom. The van der Waals surface area contributed by atoms with Crippen LogP contribution in [0.15, 0.2) is 4.99 Å². The van der Waals surface area contributed by atoms with Crippen LogP contribution >= 0.6 is 24.0 Å². The third-order valence-corrected chi connectivity index (χ3v) is 2.61. The Kier molecular flexibility index (Phi) is 7.88. The topological polar surface area (TPSA) is 81.1 Å². The van der Waals surface area contributed by atoms with Crippen molar-refractivity contribution in [3.8, 4) is 0 Å². The minimum Gasteiger partial charge on any atom is -0.370 e. The lowest BCUT2D eigenvalue weighted by molar-refractivity contribution is 0.561. The van der Waals surface area contributed by atoms with Crippen molar-refractivity contribution in [3.05, 3.63) is 11.4 Å². The second-order valence-electron chi connectivity index (χ2n) is 4.08. The number of rotatable bonds is 5. The first-order valence-electron chi connectivity index (χ1n) is 6.03. The molecule has 0 aliphatic rings. The normalized spacial score (nSPS) is 13.0. The van der Waals surface area contributed by atoms with Gasteiger partial charge < -0.3 is 11.1 Å². The highest BCUT2D eigenvalue weighted by Gasteiger charge is 2.05. The summed E-state index contributed by atoms with van der Waals surface area (Å²) in [6.45, 7) is 9.35. The van der Waals surface area contributed by atoms with Crippen LogP contribution in [0.5, 0.6) is 0 Å². The first-order valence-corrected chi connectivity index (χ1v) is 6.03. The van der Waals surface area contributed by atoms with Crippen LogP contribution in [-0.4, -0.2) is 27.0 Å². The van der Waals surface area contributed by atoms with Gasteiger partial charge in [0.1, 0.15) is 5.69 Å². The van der Waals surface area contributed by atoms with E-state index in [1.807, 2.05) is 13.8 Å².